The third-order valence-electron chi connectivity index (χ3n) is 0. The molecule has 2 N–H and O–H groups in total. The van der Waals surface area contributed by atoms with E-state index in [9.17, 15) is 0 Å². The Morgan fingerprint density at radius 2 is 1.20 bits per heavy atom. The molecule has 0 fully saturated rings. The van der Waals surface area contributed by atoms with Crippen molar-refractivity contribution in [3.05, 3.63) is 0 Å². The highest BCUT2D eigenvalue weighted by Crippen LogP contribution is 1.88. The molecule has 0 aromatic rings. The Kier molecular flexibility index (Phi) is 1.14. The minimum absolute atomic E-state index is 1.36. The summed E-state index contributed by atoms with van der Waals surface area (Å²) in [4.78, 5) is 7.08. The van der Waals surface area contributed by atoms with Crippen LogP contribution in [0.2, 0.25) is 19.6 Å². The molecular weight excluding hydrogens is 80.1 g/mol. The smallest absolute Gasteiger partial charge is 0.374 e. The molecule has 0 spiro atoms. The Bertz CT molecular complexity index is 22.4. The second-order valence-electron chi connectivity index (χ2n) is 2.25. The second kappa shape index (κ2) is 1.10. The molecule has 0 heterocycles. The molecule has 0 amide bonds. The first-order valence-corrected chi connectivity index (χ1v) is 5.25. The van der Waals surface area contributed by atoms with Crippen LogP contribution in [0, 0.1) is 0 Å². The molecule has 0 radical (unpaired) electrons. The fraction of sp³-hybridized carbons (Fsp3) is 1.00. The van der Waals surface area contributed by atoms with E-state index in [-0.39, 0.29) is 0 Å². The molecule has 0 aliphatic rings. The van der Waals surface area contributed by atoms with Crippen LogP contribution >= 0.6 is 0 Å². The first kappa shape index (κ1) is 5.18. The lowest BCUT2D eigenvalue weighted by Crippen LogP contribution is -2.17. The van der Waals surface area contributed by atoms with E-state index in [0.717, 1.165) is 0 Å². The lowest BCUT2D eigenvalue weighted by atomic mass is 11.8. The molecule has 0 saturated heterocycles. The molecule has 0 bridgehead atoms. The van der Waals surface area contributed by atoms with Crippen molar-refractivity contribution in [3.8, 4) is 0 Å². The lowest BCUT2D eigenvalue weighted by molar-refractivity contribution is 0.561. The Morgan fingerprint density at radius 1 is 1.20 bits per heavy atom. The highest BCUT2D eigenvalue weighted by Gasteiger charge is 2.15. The van der Waals surface area contributed by atoms with E-state index in [1.165, 1.54) is 0 Å². The summed E-state index contributed by atoms with van der Waals surface area (Å²) in [5.41, 5.74) is 0. The van der Waals surface area contributed by atoms with E-state index in [0.29, 0.717) is 0 Å². The average Bonchev–Trinajstić information content (AvgIpc) is 0.722. The minimum Gasteiger partial charge on any atom is -0.542 e. The molecule has 32 valence electrons. The molecular formula is C3H11OSi+. The second-order valence-corrected chi connectivity index (χ2v) is 6.75. The minimum atomic E-state index is -1.36. The molecule has 0 aliphatic heterocycles. The predicted molar refractivity (Wildman–Crippen MR) is 27.0 cm³/mol. The first-order valence-electron chi connectivity index (χ1n) is 1.75. The third kappa shape index (κ3) is 633. The van der Waals surface area contributed by atoms with Gasteiger partial charge < -0.3 is 4.80 Å². The van der Waals surface area contributed by atoms with E-state index in [4.69, 9.17) is 4.80 Å². The zero-order valence-corrected chi connectivity index (χ0v) is 5.00. The molecule has 0 saturated carbocycles. The summed E-state index contributed by atoms with van der Waals surface area (Å²) in [6.07, 6.45) is 0. The van der Waals surface area contributed by atoms with Crippen molar-refractivity contribution < 1.29 is 4.80 Å². The van der Waals surface area contributed by atoms with Gasteiger partial charge in [0.05, 0.1) is 0 Å². The summed E-state index contributed by atoms with van der Waals surface area (Å²) in [5, 5.41) is 0. The van der Waals surface area contributed by atoms with Crippen molar-refractivity contribution in [3.63, 3.8) is 0 Å². The molecule has 5 heavy (non-hydrogen) atoms. The van der Waals surface area contributed by atoms with Crippen molar-refractivity contribution in [1.82, 2.24) is 0 Å². The van der Waals surface area contributed by atoms with E-state index in [1.54, 1.807) is 0 Å². The van der Waals surface area contributed by atoms with E-state index < -0.39 is 8.32 Å². The monoisotopic (exact) mass is 91.1 g/mol. The third-order valence-corrected chi connectivity index (χ3v) is 0. The Hall–Kier alpha value is 0.177. The van der Waals surface area contributed by atoms with Gasteiger partial charge >= 0.3 is 8.32 Å². The van der Waals surface area contributed by atoms with Gasteiger partial charge in [-0.15, -0.1) is 0 Å². The maximum atomic E-state index is 7.08. The van der Waals surface area contributed by atoms with Crippen LogP contribution in [-0.4, -0.2) is 13.1 Å². The maximum absolute atomic E-state index is 7.08. The van der Waals surface area contributed by atoms with Gasteiger partial charge in [-0.3, -0.25) is 0 Å². The Morgan fingerprint density at radius 3 is 1.20 bits per heavy atom. The van der Waals surface area contributed by atoms with Crippen LogP contribution in [0.25, 0.3) is 0 Å². The van der Waals surface area contributed by atoms with Crippen LogP contribution in [0.3, 0.4) is 0 Å². The fourth-order valence-electron chi connectivity index (χ4n) is 0. The van der Waals surface area contributed by atoms with Gasteiger partial charge in [0.1, 0.15) is 0 Å². The molecule has 0 aromatic carbocycles. The predicted octanol–water partition coefficient (Wildman–Crippen LogP) is 0.546. The normalized spacial score (nSPS) is 12.0. The quantitative estimate of drug-likeness (QED) is 0.307. The van der Waals surface area contributed by atoms with Gasteiger partial charge in [0.2, 0.25) is 0 Å². The summed E-state index contributed by atoms with van der Waals surface area (Å²) in [5.74, 6) is 0. The zero-order chi connectivity index (χ0) is 4.50. The standard InChI is InChI=1S/C3H10OSi/c1-5(2,3)4/h4H,1-3H3/p+1. The summed E-state index contributed by atoms with van der Waals surface area (Å²) in [7, 11) is -1.36. The highest BCUT2D eigenvalue weighted by molar-refractivity contribution is 6.68. The largest absolute Gasteiger partial charge is 0.542 e. The summed E-state index contributed by atoms with van der Waals surface area (Å²) < 4.78 is 0. The topological polar surface area (TPSA) is 22.9 Å². The Labute approximate surface area is 33.8 Å². The van der Waals surface area contributed by atoms with Gasteiger partial charge in [0.25, 0.3) is 0 Å². The average molecular weight is 91.2 g/mol. The highest BCUT2D eigenvalue weighted by atomic mass is 28.4. The fourth-order valence-corrected chi connectivity index (χ4v) is 0. The van der Waals surface area contributed by atoms with E-state index in [2.05, 4.69) is 0 Å². The van der Waals surface area contributed by atoms with Crippen molar-refractivity contribution >= 4 is 8.32 Å². The van der Waals surface area contributed by atoms with Crippen molar-refractivity contribution in [1.29, 1.82) is 0 Å². The lowest BCUT2D eigenvalue weighted by Gasteiger charge is -1.92. The van der Waals surface area contributed by atoms with Crippen LogP contribution < -0.4 is 0 Å². The van der Waals surface area contributed by atoms with Crippen LogP contribution in [0.5, 0.6) is 0 Å². The van der Waals surface area contributed by atoms with Crippen LogP contribution in [0.1, 0.15) is 0 Å². The van der Waals surface area contributed by atoms with Crippen LogP contribution in [0.4, 0.5) is 0 Å². The number of hydrogen-bond donors (Lipinski definition) is 0. The molecule has 2 heteroatoms. The SMILES string of the molecule is C[Si](C)(C)[OH2+]. The van der Waals surface area contributed by atoms with Gasteiger partial charge in [0, 0.05) is 19.6 Å². The van der Waals surface area contributed by atoms with E-state index in [1.807, 2.05) is 19.6 Å². The maximum Gasteiger partial charge on any atom is 0.374 e. The van der Waals surface area contributed by atoms with Gasteiger partial charge in [-0.1, -0.05) is 0 Å². The van der Waals surface area contributed by atoms with Crippen molar-refractivity contribution in [2.24, 2.45) is 0 Å². The van der Waals surface area contributed by atoms with Crippen LogP contribution in [-0.2, 0) is 0 Å². The van der Waals surface area contributed by atoms with Crippen LogP contribution in [0.15, 0.2) is 0 Å². The summed E-state index contributed by atoms with van der Waals surface area (Å²) in [6.45, 7) is 5.98. The molecule has 0 unspecified atom stereocenters. The first-order chi connectivity index (χ1) is 2.00. The molecule has 0 aromatic heterocycles. The van der Waals surface area contributed by atoms with E-state index >= 15 is 0 Å². The van der Waals surface area contributed by atoms with Crippen molar-refractivity contribution in [2.45, 2.75) is 19.6 Å². The number of rotatable bonds is 0. The molecule has 1 nitrogen and oxygen atoms in total. The number of hydrogen-bond acceptors (Lipinski definition) is 0. The zero-order valence-electron chi connectivity index (χ0n) is 4.00. The molecule has 0 atom stereocenters. The van der Waals surface area contributed by atoms with Gasteiger partial charge in [-0.05, 0) is 0 Å². The Balaban J connectivity index is 3.02. The van der Waals surface area contributed by atoms with Gasteiger partial charge in [0.15, 0.2) is 0 Å². The summed E-state index contributed by atoms with van der Waals surface area (Å²) >= 11 is 0. The molecule has 0 rings (SSSR count). The van der Waals surface area contributed by atoms with Crippen molar-refractivity contribution in [2.75, 3.05) is 0 Å². The van der Waals surface area contributed by atoms with Gasteiger partial charge in [-0.2, -0.15) is 0 Å². The summed E-state index contributed by atoms with van der Waals surface area (Å²) in [6, 6.07) is 0. The molecule has 0 aliphatic carbocycles. The van der Waals surface area contributed by atoms with Gasteiger partial charge in [-0.25, -0.2) is 0 Å².